The number of rotatable bonds is 2. The van der Waals surface area contributed by atoms with E-state index in [1.54, 1.807) is 0 Å². The Morgan fingerprint density at radius 1 is 0.842 bits per heavy atom. The third kappa shape index (κ3) is 2.55. The lowest BCUT2D eigenvalue weighted by Crippen LogP contribution is -1.82. The molecule has 0 radical (unpaired) electrons. The second-order valence-electron chi connectivity index (χ2n) is 4.67. The summed E-state index contributed by atoms with van der Waals surface area (Å²) in [6.45, 7) is 2.15. The van der Waals surface area contributed by atoms with E-state index in [4.69, 9.17) is 0 Å². The van der Waals surface area contributed by atoms with Crippen LogP contribution >= 0.6 is 0 Å². The first kappa shape index (κ1) is 11.7. The highest BCUT2D eigenvalue weighted by Gasteiger charge is 1.98. The van der Waals surface area contributed by atoms with Crippen LogP contribution in [0.25, 0.3) is 22.9 Å². The summed E-state index contributed by atoms with van der Waals surface area (Å²) in [5.74, 6) is 0. The summed E-state index contributed by atoms with van der Waals surface area (Å²) in [5, 5.41) is 2.57. The second-order valence-corrected chi connectivity index (χ2v) is 4.67. The van der Waals surface area contributed by atoms with Crippen LogP contribution in [0.3, 0.4) is 0 Å². The molecule has 92 valence electrons. The Labute approximate surface area is 113 Å². The molecule has 1 nitrogen and oxygen atoms in total. The van der Waals surface area contributed by atoms with Gasteiger partial charge in [0.05, 0.1) is 0 Å². The molecule has 0 fully saturated rings. The molecule has 0 bridgehead atoms. The van der Waals surface area contributed by atoms with Gasteiger partial charge in [-0.05, 0) is 52.6 Å². The highest BCUT2D eigenvalue weighted by atomic mass is 14.6. The molecule has 1 heterocycles. The molecule has 0 atom stereocenters. The van der Waals surface area contributed by atoms with E-state index >= 15 is 0 Å². The molecule has 0 unspecified atom stereocenters. The van der Waals surface area contributed by atoms with Gasteiger partial charge in [0.15, 0.2) is 0 Å². The minimum Gasteiger partial charge on any atom is -0.265 e. The van der Waals surface area contributed by atoms with Crippen LogP contribution in [0, 0.1) is 6.92 Å². The van der Waals surface area contributed by atoms with Gasteiger partial charge in [0, 0.05) is 12.4 Å². The van der Waals surface area contributed by atoms with Gasteiger partial charge in [-0.2, -0.15) is 0 Å². The molecule has 0 aliphatic carbocycles. The van der Waals surface area contributed by atoms with Crippen molar-refractivity contribution >= 4 is 22.9 Å². The van der Waals surface area contributed by atoms with Crippen molar-refractivity contribution in [2.75, 3.05) is 0 Å². The number of benzene rings is 2. The summed E-state index contributed by atoms with van der Waals surface area (Å²) in [6, 6.07) is 16.9. The van der Waals surface area contributed by atoms with Crippen molar-refractivity contribution in [2.24, 2.45) is 0 Å². The summed E-state index contributed by atoms with van der Waals surface area (Å²) in [5.41, 5.74) is 3.72. The van der Waals surface area contributed by atoms with Gasteiger partial charge in [-0.1, -0.05) is 42.5 Å². The van der Waals surface area contributed by atoms with Crippen molar-refractivity contribution < 1.29 is 0 Å². The molecular formula is C18H15N. The zero-order valence-corrected chi connectivity index (χ0v) is 10.9. The highest BCUT2D eigenvalue weighted by Crippen LogP contribution is 2.21. The van der Waals surface area contributed by atoms with Crippen LogP contribution in [-0.2, 0) is 0 Å². The van der Waals surface area contributed by atoms with E-state index in [1.807, 2.05) is 24.5 Å². The molecule has 1 heteroatoms. The fourth-order valence-corrected chi connectivity index (χ4v) is 2.21. The van der Waals surface area contributed by atoms with Crippen LogP contribution in [0.15, 0.2) is 60.9 Å². The number of fused-ring (bicyclic) bond motifs is 1. The molecule has 0 aliphatic heterocycles. The van der Waals surface area contributed by atoms with Crippen LogP contribution in [0.2, 0.25) is 0 Å². The van der Waals surface area contributed by atoms with Crippen LogP contribution in [0.4, 0.5) is 0 Å². The summed E-state index contributed by atoms with van der Waals surface area (Å²) < 4.78 is 0. The van der Waals surface area contributed by atoms with E-state index in [0.717, 1.165) is 0 Å². The van der Waals surface area contributed by atoms with Crippen molar-refractivity contribution in [3.63, 3.8) is 0 Å². The Morgan fingerprint density at radius 3 is 2.26 bits per heavy atom. The van der Waals surface area contributed by atoms with Crippen LogP contribution < -0.4 is 0 Å². The van der Waals surface area contributed by atoms with Gasteiger partial charge >= 0.3 is 0 Å². The Bertz CT molecular complexity index is 727. The SMILES string of the molecule is Cc1cc2ccccc2cc1/C=C/c1ccncc1. The number of hydrogen-bond acceptors (Lipinski definition) is 1. The minimum absolute atomic E-state index is 1.17. The van der Waals surface area contributed by atoms with Crippen molar-refractivity contribution in [2.45, 2.75) is 6.92 Å². The molecule has 3 rings (SSSR count). The first-order valence-electron chi connectivity index (χ1n) is 6.40. The maximum atomic E-state index is 4.02. The Hall–Kier alpha value is -2.41. The van der Waals surface area contributed by atoms with Gasteiger partial charge in [0.25, 0.3) is 0 Å². The Morgan fingerprint density at radius 2 is 1.53 bits per heavy atom. The number of pyridine rings is 1. The number of aromatic nitrogens is 1. The zero-order valence-electron chi connectivity index (χ0n) is 10.9. The van der Waals surface area contributed by atoms with Crippen LogP contribution in [0.5, 0.6) is 0 Å². The molecule has 3 aromatic rings. The summed E-state index contributed by atoms with van der Waals surface area (Å²) in [6.07, 6.45) is 7.91. The predicted octanol–water partition coefficient (Wildman–Crippen LogP) is 4.71. The van der Waals surface area contributed by atoms with Crippen molar-refractivity contribution in [1.82, 2.24) is 4.98 Å². The predicted molar refractivity (Wildman–Crippen MR) is 81.9 cm³/mol. The Balaban J connectivity index is 2.01. The largest absolute Gasteiger partial charge is 0.265 e. The van der Waals surface area contributed by atoms with E-state index in [-0.39, 0.29) is 0 Å². The lowest BCUT2D eigenvalue weighted by atomic mass is 10.0. The molecule has 2 aromatic carbocycles. The van der Waals surface area contributed by atoms with Gasteiger partial charge in [-0.25, -0.2) is 0 Å². The molecule has 0 N–H and O–H groups in total. The fraction of sp³-hybridized carbons (Fsp3) is 0.0556. The van der Waals surface area contributed by atoms with Crippen molar-refractivity contribution in [1.29, 1.82) is 0 Å². The van der Waals surface area contributed by atoms with E-state index in [0.29, 0.717) is 0 Å². The summed E-state index contributed by atoms with van der Waals surface area (Å²) >= 11 is 0. The minimum atomic E-state index is 1.17. The second kappa shape index (κ2) is 5.07. The topological polar surface area (TPSA) is 12.9 Å². The molecule has 0 aliphatic rings. The Kier molecular flexibility index (Phi) is 3.11. The van der Waals surface area contributed by atoms with Gasteiger partial charge in [-0.15, -0.1) is 0 Å². The molecule has 0 saturated heterocycles. The zero-order chi connectivity index (χ0) is 13.1. The smallest absolute Gasteiger partial charge is 0.0273 e. The van der Waals surface area contributed by atoms with E-state index in [1.165, 1.54) is 27.5 Å². The van der Waals surface area contributed by atoms with Crippen molar-refractivity contribution in [3.05, 3.63) is 77.6 Å². The maximum absolute atomic E-state index is 4.02. The van der Waals surface area contributed by atoms with Gasteiger partial charge in [0.1, 0.15) is 0 Å². The summed E-state index contributed by atoms with van der Waals surface area (Å²) in [4.78, 5) is 4.02. The van der Waals surface area contributed by atoms with Gasteiger partial charge in [-0.3, -0.25) is 4.98 Å². The lowest BCUT2D eigenvalue weighted by molar-refractivity contribution is 1.32. The molecule has 0 spiro atoms. The van der Waals surface area contributed by atoms with E-state index < -0.39 is 0 Å². The summed E-state index contributed by atoms with van der Waals surface area (Å²) in [7, 11) is 0. The number of nitrogens with zero attached hydrogens (tertiary/aromatic N) is 1. The third-order valence-electron chi connectivity index (χ3n) is 3.30. The number of hydrogen-bond donors (Lipinski definition) is 0. The van der Waals surface area contributed by atoms with Gasteiger partial charge in [0.2, 0.25) is 0 Å². The first-order valence-corrected chi connectivity index (χ1v) is 6.40. The quantitative estimate of drug-likeness (QED) is 0.637. The van der Waals surface area contributed by atoms with E-state index in [2.05, 4.69) is 60.5 Å². The molecule has 0 amide bonds. The highest BCUT2D eigenvalue weighted by molar-refractivity contribution is 5.87. The number of aryl methyl sites for hydroxylation is 1. The van der Waals surface area contributed by atoms with Crippen LogP contribution in [-0.4, -0.2) is 4.98 Å². The van der Waals surface area contributed by atoms with E-state index in [9.17, 15) is 0 Å². The lowest BCUT2D eigenvalue weighted by Gasteiger charge is -2.04. The maximum Gasteiger partial charge on any atom is 0.0273 e. The monoisotopic (exact) mass is 245 g/mol. The molecule has 19 heavy (non-hydrogen) atoms. The van der Waals surface area contributed by atoms with Gasteiger partial charge < -0.3 is 0 Å². The average Bonchev–Trinajstić information content (AvgIpc) is 2.46. The molecular weight excluding hydrogens is 230 g/mol. The first-order chi connectivity index (χ1) is 9.33. The average molecular weight is 245 g/mol. The molecule has 1 aromatic heterocycles. The fourth-order valence-electron chi connectivity index (χ4n) is 2.21. The molecule has 0 saturated carbocycles. The van der Waals surface area contributed by atoms with Crippen LogP contribution in [0.1, 0.15) is 16.7 Å². The van der Waals surface area contributed by atoms with Crippen molar-refractivity contribution in [3.8, 4) is 0 Å². The normalized spacial score (nSPS) is 11.2. The standard InChI is InChI=1S/C18H15N/c1-14-12-17-4-2-3-5-18(17)13-16(14)7-6-15-8-10-19-11-9-15/h2-13H,1H3/b7-6+. The third-order valence-corrected chi connectivity index (χ3v) is 3.30.